The molecule has 144 valence electrons. The largest absolute Gasteiger partial charge is 0.492 e. The van der Waals surface area contributed by atoms with Crippen molar-refractivity contribution >= 4 is 17.6 Å². The number of esters is 2. The minimum Gasteiger partial charge on any atom is -0.492 e. The third-order valence-corrected chi connectivity index (χ3v) is 5.09. The molecule has 1 saturated heterocycles. The van der Waals surface area contributed by atoms with Crippen LogP contribution in [0.5, 0.6) is 5.75 Å². The van der Waals surface area contributed by atoms with E-state index in [9.17, 15) is 9.59 Å². The molecule has 3 heterocycles. The molecule has 8 heteroatoms. The number of carbonyl (C=O) groups is 2. The van der Waals surface area contributed by atoms with Crippen molar-refractivity contribution in [1.82, 2.24) is 10.3 Å². The molecule has 8 nitrogen and oxygen atoms in total. The zero-order valence-electron chi connectivity index (χ0n) is 15.1. The van der Waals surface area contributed by atoms with Crippen LogP contribution in [0.15, 0.2) is 30.6 Å². The fraction of sp³-hybridized carbons (Fsp3) is 0.526. The highest BCUT2D eigenvalue weighted by atomic mass is 16.8. The number of rotatable bonds is 4. The number of anilines is 1. The molecule has 1 N–H and O–H groups in total. The lowest BCUT2D eigenvalue weighted by molar-refractivity contribution is -0.217. The number of carbonyl (C=O) groups excluding carboxylic acids is 2. The number of aromatic nitrogens is 1. The predicted molar refractivity (Wildman–Crippen MR) is 96.0 cm³/mol. The topological polar surface area (TPSA) is 90.0 Å². The Morgan fingerprint density at radius 3 is 2.67 bits per heavy atom. The number of hydrogen-bond acceptors (Lipinski definition) is 8. The number of pyridine rings is 1. The lowest BCUT2D eigenvalue weighted by Crippen LogP contribution is -2.58. The van der Waals surface area contributed by atoms with Crippen LogP contribution in [0.4, 0.5) is 5.69 Å². The molecule has 0 unspecified atom stereocenters. The van der Waals surface area contributed by atoms with Gasteiger partial charge >= 0.3 is 17.8 Å². The van der Waals surface area contributed by atoms with Gasteiger partial charge in [0.2, 0.25) is 0 Å². The zero-order valence-corrected chi connectivity index (χ0v) is 15.1. The van der Waals surface area contributed by atoms with E-state index < -0.39 is 17.8 Å². The summed E-state index contributed by atoms with van der Waals surface area (Å²) in [5.74, 6) is -1.55. The van der Waals surface area contributed by atoms with Gasteiger partial charge in [-0.05, 0) is 31.7 Å². The van der Waals surface area contributed by atoms with Gasteiger partial charge in [-0.25, -0.2) is 9.59 Å². The molecule has 4 rings (SSSR count). The summed E-state index contributed by atoms with van der Waals surface area (Å²) in [5, 5.41) is 3.17. The smallest absolute Gasteiger partial charge is 0.356 e. The number of hydrogen-bond donors (Lipinski definition) is 1. The molecule has 0 amide bonds. The number of nitrogens with zero attached hydrogens (tertiary/aromatic N) is 2. The van der Waals surface area contributed by atoms with Crippen molar-refractivity contribution in [1.29, 1.82) is 0 Å². The summed E-state index contributed by atoms with van der Waals surface area (Å²) in [7, 11) is 0. The molecular formula is C19H23N3O5. The molecule has 0 radical (unpaired) electrons. The first kappa shape index (κ1) is 17.8. The molecule has 0 bridgehead atoms. The summed E-state index contributed by atoms with van der Waals surface area (Å²) >= 11 is 0. The summed E-state index contributed by atoms with van der Waals surface area (Å²) in [6, 6.07) is 1.85. The van der Waals surface area contributed by atoms with Gasteiger partial charge < -0.3 is 19.5 Å². The van der Waals surface area contributed by atoms with E-state index in [-0.39, 0.29) is 6.54 Å². The Kier molecular flexibility index (Phi) is 4.98. The van der Waals surface area contributed by atoms with Crippen LogP contribution in [-0.2, 0) is 19.1 Å². The maximum atomic E-state index is 12.0. The Labute approximate surface area is 157 Å². The minimum absolute atomic E-state index is 0.166. The molecule has 2 aliphatic heterocycles. The molecule has 3 aliphatic rings. The molecule has 1 saturated carbocycles. The van der Waals surface area contributed by atoms with Crippen molar-refractivity contribution < 1.29 is 23.8 Å². The monoisotopic (exact) mass is 373 g/mol. The van der Waals surface area contributed by atoms with Crippen LogP contribution >= 0.6 is 0 Å². The van der Waals surface area contributed by atoms with Crippen molar-refractivity contribution in [3.05, 3.63) is 30.6 Å². The number of ether oxygens (including phenoxy) is 3. The van der Waals surface area contributed by atoms with E-state index in [0.29, 0.717) is 37.1 Å². The van der Waals surface area contributed by atoms with Gasteiger partial charge in [-0.1, -0.05) is 6.42 Å². The van der Waals surface area contributed by atoms with Crippen LogP contribution in [0.3, 0.4) is 0 Å². The van der Waals surface area contributed by atoms with Crippen LogP contribution in [0.1, 0.15) is 25.7 Å². The molecule has 27 heavy (non-hydrogen) atoms. The van der Waals surface area contributed by atoms with E-state index in [2.05, 4.69) is 10.3 Å². The summed E-state index contributed by atoms with van der Waals surface area (Å²) in [6.07, 6.45) is 9.94. The first-order chi connectivity index (χ1) is 13.1. The van der Waals surface area contributed by atoms with Gasteiger partial charge in [-0.15, -0.1) is 0 Å². The van der Waals surface area contributed by atoms with Crippen molar-refractivity contribution in [2.45, 2.75) is 31.6 Å². The standard InChI is InChI=1S/C19H23N3O5/c23-17-5-6-18(24)27-19(26-17)13-20-7-2-8-22(19)15-9-16(11-21-10-15)25-12-14-3-1-4-14/h5-6,9-11,14,20H,1-4,7-8,12-13H2. The van der Waals surface area contributed by atoms with E-state index in [4.69, 9.17) is 14.2 Å². The zero-order chi connectivity index (χ0) is 18.7. The van der Waals surface area contributed by atoms with Gasteiger partial charge in [0.1, 0.15) is 5.75 Å². The van der Waals surface area contributed by atoms with Crippen LogP contribution in [0, 0.1) is 5.92 Å². The Morgan fingerprint density at radius 1 is 1.19 bits per heavy atom. The molecule has 1 aromatic heterocycles. The average molecular weight is 373 g/mol. The SMILES string of the molecule is O=C1C=CC(=O)OC2(CNCCCN2c2cncc(OCC3CCC3)c2)O1. The first-order valence-electron chi connectivity index (χ1n) is 9.35. The maximum absolute atomic E-state index is 12.0. The van der Waals surface area contributed by atoms with E-state index >= 15 is 0 Å². The molecule has 0 atom stereocenters. The lowest BCUT2D eigenvalue weighted by Gasteiger charge is -2.40. The van der Waals surface area contributed by atoms with Gasteiger partial charge in [-0.3, -0.25) is 9.88 Å². The quantitative estimate of drug-likeness (QED) is 0.792. The second-order valence-corrected chi connectivity index (χ2v) is 7.06. The van der Waals surface area contributed by atoms with Crippen LogP contribution < -0.4 is 15.0 Å². The Balaban J connectivity index is 1.60. The van der Waals surface area contributed by atoms with Gasteiger partial charge in [0.05, 0.1) is 31.2 Å². The maximum Gasteiger partial charge on any atom is 0.356 e. The third kappa shape index (κ3) is 3.90. The molecule has 1 aliphatic carbocycles. The second-order valence-electron chi connectivity index (χ2n) is 7.06. The minimum atomic E-state index is -1.55. The third-order valence-electron chi connectivity index (χ3n) is 5.09. The van der Waals surface area contributed by atoms with E-state index in [1.54, 1.807) is 17.3 Å². The van der Waals surface area contributed by atoms with Crippen LogP contribution in [-0.4, -0.2) is 49.1 Å². The average Bonchev–Trinajstić information content (AvgIpc) is 2.89. The lowest BCUT2D eigenvalue weighted by atomic mass is 9.86. The highest BCUT2D eigenvalue weighted by Crippen LogP contribution is 2.32. The fourth-order valence-electron chi connectivity index (χ4n) is 3.43. The van der Waals surface area contributed by atoms with Crippen molar-refractivity contribution in [3.63, 3.8) is 0 Å². The van der Waals surface area contributed by atoms with Crippen molar-refractivity contribution in [2.24, 2.45) is 5.92 Å². The molecule has 1 spiro atoms. The molecule has 0 aromatic carbocycles. The van der Waals surface area contributed by atoms with E-state index in [0.717, 1.165) is 18.6 Å². The summed E-state index contributed by atoms with van der Waals surface area (Å²) < 4.78 is 17.0. The van der Waals surface area contributed by atoms with Crippen molar-refractivity contribution in [2.75, 3.05) is 31.1 Å². The van der Waals surface area contributed by atoms with E-state index in [1.807, 2.05) is 6.07 Å². The summed E-state index contributed by atoms with van der Waals surface area (Å²) in [6.45, 7) is 2.08. The highest BCUT2D eigenvalue weighted by molar-refractivity contribution is 5.93. The van der Waals surface area contributed by atoms with Crippen LogP contribution in [0.25, 0.3) is 0 Å². The normalized spacial score (nSPS) is 22.4. The van der Waals surface area contributed by atoms with Gasteiger partial charge in [0.15, 0.2) is 0 Å². The Morgan fingerprint density at radius 2 is 1.96 bits per heavy atom. The van der Waals surface area contributed by atoms with Crippen molar-refractivity contribution in [3.8, 4) is 5.75 Å². The van der Waals surface area contributed by atoms with Gasteiger partial charge in [0, 0.05) is 24.8 Å². The Hall–Kier alpha value is -2.61. The van der Waals surface area contributed by atoms with Gasteiger partial charge in [0.25, 0.3) is 0 Å². The highest BCUT2D eigenvalue weighted by Gasteiger charge is 2.47. The summed E-state index contributed by atoms with van der Waals surface area (Å²) in [5.41, 5.74) is 0.673. The van der Waals surface area contributed by atoms with Crippen LogP contribution in [0.2, 0.25) is 0 Å². The Bertz CT molecular complexity index is 727. The predicted octanol–water partition coefficient (Wildman–Crippen LogP) is 1.37. The molecule has 1 aromatic rings. The van der Waals surface area contributed by atoms with E-state index in [1.165, 1.54) is 19.3 Å². The first-order valence-corrected chi connectivity index (χ1v) is 9.35. The second kappa shape index (κ2) is 7.56. The molecule has 2 fully saturated rings. The summed E-state index contributed by atoms with van der Waals surface area (Å²) in [4.78, 5) is 30.1. The molecular weight excluding hydrogens is 350 g/mol. The number of nitrogens with one attached hydrogen (secondary N) is 1. The fourth-order valence-corrected chi connectivity index (χ4v) is 3.43. The van der Waals surface area contributed by atoms with Gasteiger partial charge in [-0.2, -0.15) is 0 Å².